The van der Waals surface area contributed by atoms with Crippen LogP contribution in [-0.4, -0.2) is 76.5 Å². The first-order chi connectivity index (χ1) is 17.3. The molecule has 36 heavy (non-hydrogen) atoms. The number of hydrogen-bond donors (Lipinski definition) is 3. The van der Waals surface area contributed by atoms with Gasteiger partial charge in [0.05, 0.1) is 22.8 Å². The number of nitrogens with one attached hydrogen (secondary N) is 2. The number of aryl methyl sites for hydroxylation is 2. The average molecular weight is 519 g/mol. The molecule has 0 saturated carbocycles. The SMILES string of the molecule is CCCc1nn(C)c2c(=O)[nH]c(-c3cc(S(=O)(=O)N4CC(NCCCCO)C4)ccc3OCC)nc12. The van der Waals surface area contributed by atoms with Gasteiger partial charge in [-0.25, -0.2) is 13.4 Å². The van der Waals surface area contributed by atoms with Gasteiger partial charge in [-0.15, -0.1) is 0 Å². The predicted molar refractivity (Wildman–Crippen MR) is 137 cm³/mol. The third kappa shape index (κ3) is 5.17. The molecule has 0 spiro atoms. The largest absolute Gasteiger partial charge is 0.493 e. The van der Waals surface area contributed by atoms with Crippen LogP contribution in [0.1, 0.15) is 38.8 Å². The molecular weight excluding hydrogens is 484 g/mol. The van der Waals surface area contributed by atoms with Crippen LogP contribution < -0.4 is 15.6 Å². The van der Waals surface area contributed by atoms with Gasteiger partial charge in [-0.3, -0.25) is 9.48 Å². The number of unbranched alkanes of at least 4 members (excludes halogenated alkanes) is 1. The van der Waals surface area contributed by atoms with Crippen molar-refractivity contribution in [2.45, 2.75) is 50.5 Å². The summed E-state index contributed by atoms with van der Waals surface area (Å²) in [5, 5.41) is 16.7. The van der Waals surface area contributed by atoms with Crippen LogP contribution in [0.4, 0.5) is 0 Å². The molecule has 0 unspecified atom stereocenters. The third-order valence-electron chi connectivity index (χ3n) is 6.26. The number of aliphatic hydroxyl groups is 1. The minimum absolute atomic E-state index is 0.0867. The van der Waals surface area contributed by atoms with E-state index in [1.165, 1.54) is 21.1 Å². The van der Waals surface area contributed by atoms with Gasteiger partial charge in [0.15, 0.2) is 5.52 Å². The van der Waals surface area contributed by atoms with Gasteiger partial charge >= 0.3 is 0 Å². The van der Waals surface area contributed by atoms with Crippen LogP contribution in [0.3, 0.4) is 0 Å². The summed E-state index contributed by atoms with van der Waals surface area (Å²) in [6.07, 6.45) is 3.08. The molecule has 0 atom stereocenters. The van der Waals surface area contributed by atoms with Gasteiger partial charge in [0.1, 0.15) is 17.1 Å². The highest BCUT2D eigenvalue weighted by Crippen LogP contribution is 2.33. The molecule has 1 aliphatic heterocycles. The number of hydrogen-bond acceptors (Lipinski definition) is 8. The Balaban J connectivity index is 1.66. The first-order valence-electron chi connectivity index (χ1n) is 12.4. The number of ether oxygens (including phenoxy) is 1. The molecule has 0 amide bonds. The van der Waals surface area contributed by atoms with Gasteiger partial charge in [-0.05, 0) is 50.9 Å². The number of aliphatic hydroxyl groups excluding tert-OH is 1. The zero-order chi connectivity index (χ0) is 25.9. The molecule has 0 bridgehead atoms. The van der Waals surface area contributed by atoms with Crippen LogP contribution in [0.2, 0.25) is 0 Å². The monoisotopic (exact) mass is 518 g/mol. The van der Waals surface area contributed by atoms with Gasteiger partial charge < -0.3 is 20.1 Å². The summed E-state index contributed by atoms with van der Waals surface area (Å²) in [6.45, 7) is 5.88. The molecule has 3 aromatic rings. The van der Waals surface area contributed by atoms with Gasteiger partial charge in [0.25, 0.3) is 5.56 Å². The maximum atomic E-state index is 13.3. The Morgan fingerprint density at radius 2 is 2.03 bits per heavy atom. The Labute approximate surface area is 210 Å². The van der Waals surface area contributed by atoms with Gasteiger partial charge in [0, 0.05) is 32.8 Å². The number of sulfonamides is 1. The van der Waals surface area contributed by atoms with E-state index in [0.717, 1.165) is 31.5 Å². The summed E-state index contributed by atoms with van der Waals surface area (Å²) in [4.78, 5) is 20.5. The van der Waals surface area contributed by atoms with E-state index in [4.69, 9.17) is 14.8 Å². The fraction of sp³-hybridized carbons (Fsp3) is 0.542. The van der Waals surface area contributed by atoms with Crippen molar-refractivity contribution >= 4 is 21.1 Å². The summed E-state index contributed by atoms with van der Waals surface area (Å²) in [6, 6.07) is 4.73. The normalized spacial score (nSPS) is 14.9. The van der Waals surface area contributed by atoms with Crippen molar-refractivity contribution in [2.75, 3.05) is 32.8 Å². The second kappa shape index (κ2) is 11.1. The van der Waals surface area contributed by atoms with E-state index in [1.54, 1.807) is 13.1 Å². The van der Waals surface area contributed by atoms with Crippen LogP contribution in [0, 0.1) is 0 Å². The summed E-state index contributed by atoms with van der Waals surface area (Å²) in [5.41, 5.74) is 1.67. The van der Waals surface area contributed by atoms with Gasteiger partial charge in [-0.2, -0.15) is 9.40 Å². The molecule has 4 rings (SSSR count). The van der Waals surface area contributed by atoms with Crippen molar-refractivity contribution in [1.29, 1.82) is 0 Å². The minimum atomic E-state index is -3.74. The molecule has 0 radical (unpaired) electrons. The molecule has 3 N–H and O–H groups in total. The number of benzene rings is 1. The number of rotatable bonds is 12. The van der Waals surface area contributed by atoms with Crippen LogP contribution in [0.25, 0.3) is 22.4 Å². The molecule has 2 aromatic heterocycles. The minimum Gasteiger partial charge on any atom is -0.493 e. The van der Waals surface area contributed by atoms with Crippen molar-refractivity contribution in [3.05, 3.63) is 34.2 Å². The molecule has 1 aliphatic rings. The standard InChI is InChI=1S/C24H34N6O5S/c1-4-8-19-21-22(29(3)28-19)24(32)27-23(26-21)18-13-17(9-10-20(18)35-5-2)36(33,34)30-14-16(15-30)25-11-6-7-12-31/h9-10,13,16,25,31H,4-8,11-12,14-15H2,1-3H3,(H,26,27,32). The van der Waals surface area contributed by atoms with E-state index in [2.05, 4.69) is 15.4 Å². The molecule has 12 heteroatoms. The highest BCUT2D eigenvalue weighted by atomic mass is 32.2. The van der Waals surface area contributed by atoms with Crippen molar-refractivity contribution in [3.63, 3.8) is 0 Å². The quantitative estimate of drug-likeness (QED) is 0.306. The summed E-state index contributed by atoms with van der Waals surface area (Å²) >= 11 is 0. The number of fused-ring (bicyclic) bond motifs is 1. The second-order valence-electron chi connectivity index (χ2n) is 8.93. The van der Waals surface area contributed by atoms with Crippen molar-refractivity contribution in [1.82, 2.24) is 29.4 Å². The second-order valence-corrected chi connectivity index (χ2v) is 10.9. The maximum Gasteiger partial charge on any atom is 0.277 e. The Kier molecular flexibility index (Phi) is 8.08. The molecule has 1 aromatic carbocycles. The van der Waals surface area contributed by atoms with Crippen LogP contribution >= 0.6 is 0 Å². The molecular formula is C24H34N6O5S. The molecule has 1 saturated heterocycles. The zero-order valence-corrected chi connectivity index (χ0v) is 21.8. The highest BCUT2D eigenvalue weighted by Gasteiger charge is 2.36. The number of aromatic amines is 1. The highest BCUT2D eigenvalue weighted by molar-refractivity contribution is 7.89. The molecule has 0 aliphatic carbocycles. The lowest BCUT2D eigenvalue weighted by Crippen LogP contribution is -2.59. The first-order valence-corrected chi connectivity index (χ1v) is 13.8. The van der Waals surface area contributed by atoms with Gasteiger partial charge in [-0.1, -0.05) is 13.3 Å². The van der Waals surface area contributed by atoms with Crippen LogP contribution in [0.5, 0.6) is 5.75 Å². The summed E-state index contributed by atoms with van der Waals surface area (Å²) in [7, 11) is -2.03. The Bertz CT molecular complexity index is 1380. The third-order valence-corrected chi connectivity index (χ3v) is 8.09. The van der Waals surface area contributed by atoms with E-state index >= 15 is 0 Å². The van der Waals surface area contributed by atoms with Crippen molar-refractivity contribution in [3.8, 4) is 17.1 Å². The number of nitrogens with zero attached hydrogens (tertiary/aromatic N) is 4. The molecule has 11 nitrogen and oxygen atoms in total. The van der Waals surface area contributed by atoms with Crippen molar-refractivity contribution < 1.29 is 18.3 Å². The first kappa shape index (κ1) is 26.3. The fourth-order valence-electron chi connectivity index (χ4n) is 4.37. The number of H-pyrrole nitrogens is 1. The van der Waals surface area contributed by atoms with E-state index in [0.29, 0.717) is 48.5 Å². The topological polar surface area (TPSA) is 142 Å². The van der Waals surface area contributed by atoms with Gasteiger partial charge in [0.2, 0.25) is 10.0 Å². The van der Waals surface area contributed by atoms with Crippen LogP contribution in [-0.2, 0) is 23.5 Å². The summed E-state index contributed by atoms with van der Waals surface area (Å²) in [5.74, 6) is 0.678. The fourth-order valence-corrected chi connectivity index (χ4v) is 5.93. The molecule has 1 fully saturated rings. The van der Waals surface area contributed by atoms with E-state index in [-0.39, 0.29) is 28.9 Å². The lowest BCUT2D eigenvalue weighted by molar-refractivity contribution is 0.223. The van der Waals surface area contributed by atoms with Crippen LogP contribution in [0.15, 0.2) is 27.9 Å². The predicted octanol–water partition coefficient (Wildman–Crippen LogP) is 1.41. The lowest BCUT2D eigenvalue weighted by atomic mass is 10.1. The Hall–Kier alpha value is -2.80. The van der Waals surface area contributed by atoms with E-state index < -0.39 is 10.0 Å². The number of aromatic nitrogens is 4. The maximum absolute atomic E-state index is 13.3. The Morgan fingerprint density at radius 3 is 2.72 bits per heavy atom. The lowest BCUT2D eigenvalue weighted by Gasteiger charge is -2.38. The average Bonchev–Trinajstić information content (AvgIpc) is 3.13. The molecule has 196 valence electrons. The zero-order valence-electron chi connectivity index (χ0n) is 21.0. The Morgan fingerprint density at radius 1 is 1.25 bits per heavy atom. The molecule has 3 heterocycles. The van der Waals surface area contributed by atoms with E-state index in [9.17, 15) is 13.2 Å². The van der Waals surface area contributed by atoms with E-state index in [1.807, 2.05) is 13.8 Å². The van der Waals surface area contributed by atoms with Crippen molar-refractivity contribution in [2.24, 2.45) is 7.05 Å². The summed E-state index contributed by atoms with van der Waals surface area (Å²) < 4.78 is 35.4. The smallest absolute Gasteiger partial charge is 0.277 e.